The Bertz CT molecular complexity index is 1140. The van der Waals surface area contributed by atoms with E-state index < -0.39 is 0 Å². The summed E-state index contributed by atoms with van der Waals surface area (Å²) in [4.78, 5) is 4.55. The third-order valence-electron chi connectivity index (χ3n) is 4.92. The smallest absolute Gasteiger partial charge is 0.136 e. The van der Waals surface area contributed by atoms with E-state index in [1.165, 1.54) is 13.2 Å². The van der Waals surface area contributed by atoms with E-state index in [2.05, 4.69) is 22.6 Å². The van der Waals surface area contributed by atoms with Gasteiger partial charge in [0.1, 0.15) is 17.3 Å². The van der Waals surface area contributed by atoms with Crippen LogP contribution < -0.4 is 10.1 Å². The number of thiazole rings is 1. The van der Waals surface area contributed by atoms with E-state index in [0.29, 0.717) is 23.6 Å². The van der Waals surface area contributed by atoms with Crippen molar-refractivity contribution in [2.24, 2.45) is 0 Å². The minimum absolute atomic E-state index is 0.0728. The molecule has 4 rings (SSSR count). The maximum Gasteiger partial charge on any atom is 0.136 e. The summed E-state index contributed by atoms with van der Waals surface area (Å²) in [5.41, 5.74) is 3.88. The summed E-state index contributed by atoms with van der Waals surface area (Å²) in [6.45, 7) is 4.60. The van der Waals surface area contributed by atoms with Gasteiger partial charge in [0, 0.05) is 41.4 Å². The van der Waals surface area contributed by atoms with Gasteiger partial charge in [0.2, 0.25) is 0 Å². The fourth-order valence-corrected chi connectivity index (χ4v) is 3.95. The quantitative estimate of drug-likeness (QED) is 0.439. The van der Waals surface area contributed by atoms with Crippen LogP contribution in [0.1, 0.15) is 29.2 Å². The SMILES string of the molecule is COc1ccc(-c2nn(-c3ccccc3)cc2CN[C@@H](C)c2csc(C)n2)c(F)c1. The van der Waals surface area contributed by atoms with Crippen molar-refractivity contribution in [3.63, 3.8) is 0 Å². The van der Waals surface area contributed by atoms with Crippen LogP contribution in [-0.2, 0) is 6.54 Å². The number of aromatic nitrogens is 3. The molecule has 2 heterocycles. The second kappa shape index (κ2) is 8.77. The van der Waals surface area contributed by atoms with E-state index in [-0.39, 0.29) is 11.9 Å². The highest BCUT2D eigenvalue weighted by Crippen LogP contribution is 2.29. The lowest BCUT2D eigenvalue weighted by Gasteiger charge is -2.12. The van der Waals surface area contributed by atoms with Gasteiger partial charge in [0.25, 0.3) is 0 Å². The highest BCUT2D eigenvalue weighted by molar-refractivity contribution is 7.09. The van der Waals surface area contributed by atoms with Crippen LogP contribution in [-0.4, -0.2) is 21.9 Å². The molecule has 0 aliphatic heterocycles. The van der Waals surface area contributed by atoms with Crippen molar-refractivity contribution in [2.75, 3.05) is 7.11 Å². The van der Waals surface area contributed by atoms with E-state index in [1.807, 2.05) is 43.5 Å². The van der Waals surface area contributed by atoms with Crippen LogP contribution in [0.25, 0.3) is 16.9 Å². The zero-order valence-electron chi connectivity index (χ0n) is 17.1. The molecule has 1 atom stereocenters. The molecule has 1 N–H and O–H groups in total. The lowest BCUT2D eigenvalue weighted by atomic mass is 10.1. The molecule has 2 aromatic carbocycles. The van der Waals surface area contributed by atoms with Gasteiger partial charge in [-0.05, 0) is 38.1 Å². The lowest BCUT2D eigenvalue weighted by molar-refractivity contribution is 0.411. The number of rotatable bonds is 7. The third-order valence-corrected chi connectivity index (χ3v) is 5.71. The first-order chi connectivity index (χ1) is 14.5. The number of nitrogens with one attached hydrogen (secondary N) is 1. The van der Waals surface area contributed by atoms with E-state index in [9.17, 15) is 4.39 Å². The molecule has 2 aromatic heterocycles. The number of para-hydroxylation sites is 1. The summed E-state index contributed by atoms with van der Waals surface area (Å²) in [7, 11) is 1.52. The van der Waals surface area contributed by atoms with Gasteiger partial charge in [-0.1, -0.05) is 18.2 Å². The zero-order valence-corrected chi connectivity index (χ0v) is 17.9. The maximum atomic E-state index is 14.8. The van der Waals surface area contributed by atoms with E-state index >= 15 is 0 Å². The van der Waals surface area contributed by atoms with Crippen molar-refractivity contribution in [3.8, 4) is 22.7 Å². The minimum Gasteiger partial charge on any atom is -0.497 e. The Kier molecular flexibility index (Phi) is 5.92. The monoisotopic (exact) mass is 422 g/mol. The molecular weight excluding hydrogens is 399 g/mol. The Hall–Kier alpha value is -3.03. The largest absolute Gasteiger partial charge is 0.497 e. The molecule has 30 heavy (non-hydrogen) atoms. The van der Waals surface area contributed by atoms with Crippen LogP contribution in [0.5, 0.6) is 5.75 Å². The third kappa shape index (κ3) is 4.27. The first kappa shape index (κ1) is 20.3. The minimum atomic E-state index is -0.364. The molecular formula is C23H23FN4OS. The van der Waals surface area contributed by atoms with Gasteiger partial charge >= 0.3 is 0 Å². The Morgan fingerprint density at radius 1 is 1.20 bits per heavy atom. The van der Waals surface area contributed by atoms with Gasteiger partial charge in [-0.25, -0.2) is 14.1 Å². The molecule has 0 amide bonds. The average Bonchev–Trinajstić information content (AvgIpc) is 3.39. The van der Waals surface area contributed by atoms with Crippen LogP contribution >= 0.6 is 11.3 Å². The second-order valence-corrected chi connectivity index (χ2v) is 8.09. The zero-order chi connectivity index (χ0) is 21.1. The van der Waals surface area contributed by atoms with Crippen LogP contribution in [0.2, 0.25) is 0 Å². The van der Waals surface area contributed by atoms with Gasteiger partial charge in [0.05, 0.1) is 23.5 Å². The van der Waals surface area contributed by atoms with E-state index in [0.717, 1.165) is 22.0 Å². The predicted octanol–water partition coefficient (Wildman–Crippen LogP) is 5.30. The molecule has 0 bridgehead atoms. The summed E-state index contributed by atoms with van der Waals surface area (Å²) in [6, 6.07) is 14.7. The lowest BCUT2D eigenvalue weighted by Crippen LogP contribution is -2.18. The van der Waals surface area contributed by atoms with Crippen LogP contribution in [0.4, 0.5) is 4.39 Å². The van der Waals surface area contributed by atoms with Gasteiger partial charge < -0.3 is 10.1 Å². The Balaban J connectivity index is 1.68. The predicted molar refractivity (Wildman–Crippen MR) is 118 cm³/mol. The standard InChI is InChI=1S/C23H23FN4OS/c1-15(22-14-30-16(2)26-22)25-12-17-13-28(18-7-5-4-6-8-18)27-23(17)20-10-9-19(29-3)11-21(20)24/h4-11,13-15,25H,12H2,1-3H3/t15-/m0/s1. The molecule has 4 aromatic rings. The van der Waals surface area contributed by atoms with Gasteiger partial charge in [-0.15, -0.1) is 11.3 Å². The molecule has 0 radical (unpaired) electrons. The van der Waals surface area contributed by atoms with E-state index in [4.69, 9.17) is 9.84 Å². The number of hydrogen-bond acceptors (Lipinski definition) is 5. The summed E-state index contributed by atoms with van der Waals surface area (Å²) in [5, 5.41) is 11.3. The van der Waals surface area contributed by atoms with Crippen LogP contribution in [0, 0.1) is 12.7 Å². The Morgan fingerprint density at radius 2 is 2.00 bits per heavy atom. The van der Waals surface area contributed by atoms with Crippen molar-refractivity contribution in [2.45, 2.75) is 26.4 Å². The first-order valence-electron chi connectivity index (χ1n) is 9.68. The second-order valence-electron chi connectivity index (χ2n) is 7.02. The van der Waals surface area contributed by atoms with Gasteiger partial charge in [0.15, 0.2) is 0 Å². The summed E-state index contributed by atoms with van der Waals surface area (Å²) >= 11 is 1.63. The molecule has 0 aliphatic carbocycles. The van der Waals surface area contributed by atoms with Crippen LogP contribution in [0.3, 0.4) is 0 Å². The number of methoxy groups -OCH3 is 1. The molecule has 0 aliphatic rings. The summed E-state index contributed by atoms with van der Waals surface area (Å²) < 4.78 is 21.7. The van der Waals surface area contributed by atoms with Crippen molar-refractivity contribution >= 4 is 11.3 Å². The highest BCUT2D eigenvalue weighted by atomic mass is 32.1. The van der Waals surface area contributed by atoms with Crippen LogP contribution in [0.15, 0.2) is 60.1 Å². The fraction of sp³-hybridized carbons (Fsp3) is 0.217. The van der Waals surface area contributed by atoms with Crippen molar-refractivity contribution in [3.05, 3.63) is 82.2 Å². The topological polar surface area (TPSA) is 52.0 Å². The normalized spacial score (nSPS) is 12.1. The number of benzene rings is 2. The molecule has 0 saturated carbocycles. The van der Waals surface area contributed by atoms with Crippen molar-refractivity contribution in [1.82, 2.24) is 20.1 Å². The molecule has 7 heteroatoms. The fourth-order valence-electron chi connectivity index (χ4n) is 3.24. The molecule has 0 fully saturated rings. The van der Waals surface area contributed by atoms with Crippen molar-refractivity contribution < 1.29 is 9.13 Å². The summed E-state index contributed by atoms with van der Waals surface area (Å²) in [5.74, 6) is 0.114. The number of ether oxygens (including phenoxy) is 1. The van der Waals surface area contributed by atoms with E-state index in [1.54, 1.807) is 28.2 Å². The molecule has 0 saturated heterocycles. The average molecular weight is 423 g/mol. The number of hydrogen-bond donors (Lipinski definition) is 1. The number of nitrogens with zero attached hydrogens (tertiary/aromatic N) is 3. The molecule has 5 nitrogen and oxygen atoms in total. The first-order valence-corrected chi connectivity index (χ1v) is 10.6. The molecule has 154 valence electrons. The van der Waals surface area contributed by atoms with Gasteiger partial charge in [-0.3, -0.25) is 0 Å². The highest BCUT2D eigenvalue weighted by Gasteiger charge is 2.18. The maximum absolute atomic E-state index is 14.8. The summed E-state index contributed by atoms with van der Waals surface area (Å²) in [6.07, 6.45) is 1.94. The number of halogens is 1. The Morgan fingerprint density at radius 3 is 2.67 bits per heavy atom. The van der Waals surface area contributed by atoms with Gasteiger partial charge in [-0.2, -0.15) is 5.10 Å². The molecule has 0 unspecified atom stereocenters. The van der Waals surface area contributed by atoms with Crippen molar-refractivity contribution in [1.29, 1.82) is 0 Å². The Labute approximate surface area is 179 Å². The number of aryl methyl sites for hydroxylation is 1. The molecule has 0 spiro atoms.